The predicted molar refractivity (Wildman–Crippen MR) is 149 cm³/mol. The molecule has 1 amide bonds. The Hall–Kier alpha value is -3.57. The van der Waals surface area contributed by atoms with Gasteiger partial charge in [-0.1, -0.05) is 26.8 Å². The fourth-order valence-electron chi connectivity index (χ4n) is 4.86. The molecule has 0 radical (unpaired) electrons. The van der Waals surface area contributed by atoms with Crippen LogP contribution in [0.25, 0.3) is 11.1 Å². The minimum absolute atomic E-state index is 0.00808. The van der Waals surface area contributed by atoms with Gasteiger partial charge in [-0.2, -0.15) is 5.26 Å². The van der Waals surface area contributed by atoms with E-state index in [1.54, 1.807) is 36.8 Å². The average molecular weight is 521 g/mol. The van der Waals surface area contributed by atoms with Crippen LogP contribution in [0, 0.1) is 30.6 Å². The Morgan fingerprint density at radius 1 is 1.05 bits per heavy atom. The quantitative estimate of drug-likeness (QED) is 0.419. The molecule has 8 heteroatoms. The van der Waals surface area contributed by atoms with Gasteiger partial charge in [0.05, 0.1) is 19.8 Å². The summed E-state index contributed by atoms with van der Waals surface area (Å²) in [4.78, 5) is 29.5. The Morgan fingerprint density at radius 2 is 1.68 bits per heavy atom. The number of pyridine rings is 1. The van der Waals surface area contributed by atoms with Crippen molar-refractivity contribution in [2.75, 3.05) is 40.4 Å². The number of aryl methyl sites for hydroxylation is 1. The predicted octanol–water partition coefficient (Wildman–Crippen LogP) is 4.22. The zero-order valence-corrected chi connectivity index (χ0v) is 24.0. The van der Waals surface area contributed by atoms with Crippen molar-refractivity contribution >= 4 is 5.91 Å². The van der Waals surface area contributed by atoms with E-state index in [0.29, 0.717) is 43.2 Å². The first-order valence-electron chi connectivity index (χ1n) is 13.0. The molecule has 1 fully saturated rings. The first-order chi connectivity index (χ1) is 17.9. The Bertz CT molecular complexity index is 1300. The molecular formula is C30H40N4O4. The second kappa shape index (κ2) is 11.9. The SMILES string of the molecule is COc1cc(-c2cn(C)c(=O)c(C)c2C)cc(OC)c1CN1CCCN(C(=O)/C(C#N)=C/C(C)(C)C)CC1. The number of hydrogen-bond donors (Lipinski definition) is 0. The molecule has 0 bridgehead atoms. The van der Waals surface area contributed by atoms with Crippen LogP contribution >= 0.6 is 0 Å². The van der Waals surface area contributed by atoms with Crippen LogP contribution < -0.4 is 15.0 Å². The molecule has 3 rings (SSSR count). The van der Waals surface area contributed by atoms with Gasteiger partial charge in [-0.15, -0.1) is 0 Å². The Labute approximate surface area is 226 Å². The molecule has 1 saturated heterocycles. The molecule has 2 aromatic rings. The second-order valence-corrected chi connectivity index (χ2v) is 11.0. The number of hydrogen-bond acceptors (Lipinski definition) is 6. The third-order valence-electron chi connectivity index (χ3n) is 7.03. The molecule has 8 nitrogen and oxygen atoms in total. The number of nitrogens with zero attached hydrogens (tertiary/aromatic N) is 4. The Kier molecular flexibility index (Phi) is 9.05. The van der Waals surface area contributed by atoms with E-state index in [4.69, 9.17) is 9.47 Å². The topological polar surface area (TPSA) is 87.8 Å². The van der Waals surface area contributed by atoms with Gasteiger partial charge in [0.25, 0.3) is 11.5 Å². The number of carbonyl (C=O) groups excluding carboxylic acids is 1. The highest BCUT2D eigenvalue weighted by Gasteiger charge is 2.25. The third kappa shape index (κ3) is 6.46. The van der Waals surface area contributed by atoms with Gasteiger partial charge in [0.1, 0.15) is 23.1 Å². The van der Waals surface area contributed by atoms with Crippen molar-refractivity contribution in [3.8, 4) is 28.7 Å². The lowest BCUT2D eigenvalue weighted by Gasteiger charge is -2.24. The molecule has 0 aliphatic carbocycles. The van der Waals surface area contributed by atoms with Crippen LogP contribution in [0.3, 0.4) is 0 Å². The van der Waals surface area contributed by atoms with Gasteiger partial charge in [0.15, 0.2) is 0 Å². The van der Waals surface area contributed by atoms with E-state index in [1.165, 1.54) is 0 Å². The highest BCUT2D eigenvalue weighted by Crippen LogP contribution is 2.37. The molecule has 0 unspecified atom stereocenters. The molecular weight excluding hydrogens is 480 g/mol. The van der Waals surface area contributed by atoms with Crippen LogP contribution in [0.4, 0.5) is 0 Å². The maximum atomic E-state index is 13.0. The third-order valence-corrected chi connectivity index (χ3v) is 7.03. The molecule has 38 heavy (non-hydrogen) atoms. The number of benzene rings is 1. The largest absolute Gasteiger partial charge is 0.496 e. The smallest absolute Gasteiger partial charge is 0.264 e. The van der Waals surface area contributed by atoms with Crippen molar-refractivity contribution < 1.29 is 14.3 Å². The molecule has 1 aliphatic heterocycles. The molecule has 0 N–H and O–H groups in total. The first-order valence-corrected chi connectivity index (χ1v) is 13.0. The fraction of sp³-hybridized carbons (Fsp3) is 0.500. The number of aromatic nitrogens is 1. The van der Waals surface area contributed by atoms with E-state index < -0.39 is 0 Å². The molecule has 0 saturated carbocycles. The summed E-state index contributed by atoms with van der Waals surface area (Å²) in [6, 6.07) is 6.08. The second-order valence-electron chi connectivity index (χ2n) is 11.0. The van der Waals surface area contributed by atoms with Crippen molar-refractivity contribution in [3.05, 3.63) is 57.0 Å². The van der Waals surface area contributed by atoms with Gasteiger partial charge < -0.3 is 18.9 Å². The van der Waals surface area contributed by atoms with Crippen molar-refractivity contribution in [1.82, 2.24) is 14.4 Å². The minimum atomic E-state index is -0.247. The molecule has 0 atom stereocenters. The summed E-state index contributed by atoms with van der Waals surface area (Å²) in [5.74, 6) is 1.22. The zero-order chi connectivity index (χ0) is 28.2. The molecule has 204 valence electrons. The van der Waals surface area contributed by atoms with E-state index >= 15 is 0 Å². The molecule has 1 aromatic carbocycles. The van der Waals surface area contributed by atoms with E-state index in [-0.39, 0.29) is 22.5 Å². The van der Waals surface area contributed by atoms with Crippen molar-refractivity contribution in [2.45, 2.75) is 47.6 Å². The van der Waals surface area contributed by atoms with Crippen LogP contribution in [0.2, 0.25) is 0 Å². The fourth-order valence-corrected chi connectivity index (χ4v) is 4.86. The Balaban J connectivity index is 1.86. The van der Waals surface area contributed by atoms with Gasteiger partial charge >= 0.3 is 0 Å². The highest BCUT2D eigenvalue weighted by atomic mass is 16.5. The Morgan fingerprint density at radius 3 is 2.24 bits per heavy atom. The van der Waals surface area contributed by atoms with Crippen molar-refractivity contribution in [3.63, 3.8) is 0 Å². The number of allylic oxidation sites excluding steroid dienone is 1. The number of amides is 1. The minimum Gasteiger partial charge on any atom is -0.496 e. The van der Waals surface area contributed by atoms with Gasteiger partial charge in [0, 0.05) is 57.1 Å². The lowest BCUT2D eigenvalue weighted by Crippen LogP contribution is -2.36. The van der Waals surface area contributed by atoms with Crippen LogP contribution in [0.5, 0.6) is 11.5 Å². The molecule has 1 aromatic heterocycles. The maximum Gasteiger partial charge on any atom is 0.264 e. The molecule has 2 heterocycles. The summed E-state index contributed by atoms with van der Waals surface area (Å²) in [7, 11) is 5.05. The van der Waals surface area contributed by atoms with E-state index in [9.17, 15) is 14.9 Å². The molecule has 0 spiro atoms. The van der Waals surface area contributed by atoms with E-state index in [0.717, 1.165) is 35.2 Å². The summed E-state index contributed by atoms with van der Waals surface area (Å²) in [5.41, 5.74) is 4.40. The van der Waals surface area contributed by atoms with Gasteiger partial charge in [-0.3, -0.25) is 14.5 Å². The van der Waals surface area contributed by atoms with Crippen molar-refractivity contribution in [2.24, 2.45) is 12.5 Å². The van der Waals surface area contributed by atoms with Gasteiger partial charge in [-0.05, 0) is 48.9 Å². The van der Waals surface area contributed by atoms with Gasteiger partial charge in [-0.25, -0.2) is 0 Å². The number of methoxy groups -OCH3 is 2. The van der Waals surface area contributed by atoms with Crippen LogP contribution in [0.15, 0.2) is 34.8 Å². The average Bonchev–Trinajstić information content (AvgIpc) is 3.12. The molecule has 1 aliphatic rings. The number of ether oxygens (including phenoxy) is 2. The monoisotopic (exact) mass is 520 g/mol. The van der Waals surface area contributed by atoms with Crippen molar-refractivity contribution in [1.29, 1.82) is 5.26 Å². The van der Waals surface area contributed by atoms with E-state index in [1.807, 2.05) is 52.9 Å². The maximum absolute atomic E-state index is 13.0. The summed E-state index contributed by atoms with van der Waals surface area (Å²) >= 11 is 0. The number of rotatable bonds is 6. The summed E-state index contributed by atoms with van der Waals surface area (Å²) in [6.07, 6.45) is 4.41. The standard InChI is InChI=1S/C30H40N4O4/c1-20-21(2)28(35)32(6)18-24(20)22-14-26(37-7)25(27(15-22)38-8)19-33-10-9-11-34(13-12-33)29(36)23(17-31)16-30(3,4)5/h14-16,18H,9-13,19H2,1-8H3/b23-16+. The zero-order valence-electron chi connectivity index (χ0n) is 24.0. The van der Waals surface area contributed by atoms with Gasteiger partial charge in [0.2, 0.25) is 0 Å². The van der Waals surface area contributed by atoms with E-state index in [2.05, 4.69) is 11.0 Å². The van der Waals surface area contributed by atoms with Crippen LogP contribution in [-0.4, -0.2) is 60.7 Å². The van der Waals surface area contributed by atoms with Crippen LogP contribution in [-0.2, 0) is 18.4 Å². The number of carbonyl (C=O) groups is 1. The van der Waals surface area contributed by atoms with Crippen LogP contribution in [0.1, 0.15) is 43.9 Å². The normalized spacial score (nSPS) is 15.1. The summed E-state index contributed by atoms with van der Waals surface area (Å²) < 4.78 is 13.2. The first kappa shape index (κ1) is 29.0. The lowest BCUT2D eigenvalue weighted by atomic mass is 9.93. The summed E-state index contributed by atoms with van der Waals surface area (Å²) in [5, 5.41) is 9.57. The number of nitriles is 1. The highest BCUT2D eigenvalue weighted by molar-refractivity contribution is 5.97. The summed E-state index contributed by atoms with van der Waals surface area (Å²) in [6.45, 7) is 13.0. The lowest BCUT2D eigenvalue weighted by molar-refractivity contribution is -0.126.